The van der Waals surface area contributed by atoms with Gasteiger partial charge in [-0.1, -0.05) is 17.3 Å². The number of carbonyl (C=O) groups excluding carboxylic acids is 1. The summed E-state index contributed by atoms with van der Waals surface area (Å²) < 4.78 is 10.7. The average Bonchev–Trinajstić information content (AvgIpc) is 3.29. The molecule has 7 heteroatoms. The Balaban J connectivity index is 1.58. The number of ether oxygens (including phenoxy) is 1. The van der Waals surface area contributed by atoms with Gasteiger partial charge in [-0.05, 0) is 32.6 Å². The molecule has 1 aromatic heterocycles. The molecule has 0 bridgehead atoms. The number of rotatable bonds is 5. The SMILES string of the molecule is COc1ccccc1-c1cc(CNC(=O)N2CCC(N(C)C)C2)on1. The predicted molar refractivity (Wildman–Crippen MR) is 94.4 cm³/mol. The van der Waals surface area contributed by atoms with Gasteiger partial charge >= 0.3 is 6.03 Å². The minimum Gasteiger partial charge on any atom is -0.496 e. The maximum atomic E-state index is 12.3. The first-order valence-corrected chi connectivity index (χ1v) is 8.36. The highest BCUT2D eigenvalue weighted by Crippen LogP contribution is 2.28. The smallest absolute Gasteiger partial charge is 0.317 e. The number of nitrogens with one attached hydrogen (secondary N) is 1. The van der Waals surface area contributed by atoms with E-state index in [-0.39, 0.29) is 6.03 Å². The minimum atomic E-state index is -0.0698. The van der Waals surface area contributed by atoms with E-state index in [4.69, 9.17) is 9.26 Å². The Morgan fingerprint density at radius 3 is 2.96 bits per heavy atom. The molecule has 0 spiro atoms. The van der Waals surface area contributed by atoms with Crippen LogP contribution in [0.2, 0.25) is 0 Å². The summed E-state index contributed by atoms with van der Waals surface area (Å²) in [4.78, 5) is 16.3. The molecule has 1 N–H and O–H groups in total. The summed E-state index contributed by atoms with van der Waals surface area (Å²) in [6.07, 6.45) is 1.00. The number of methoxy groups -OCH3 is 1. The third kappa shape index (κ3) is 3.93. The van der Waals surface area contributed by atoms with Crippen molar-refractivity contribution in [1.82, 2.24) is 20.3 Å². The van der Waals surface area contributed by atoms with Crippen molar-refractivity contribution in [3.8, 4) is 17.0 Å². The van der Waals surface area contributed by atoms with Crippen molar-refractivity contribution in [2.24, 2.45) is 0 Å². The van der Waals surface area contributed by atoms with Gasteiger partial charge < -0.3 is 24.4 Å². The van der Waals surface area contributed by atoms with Crippen molar-refractivity contribution in [1.29, 1.82) is 0 Å². The van der Waals surface area contributed by atoms with Crippen molar-refractivity contribution < 1.29 is 14.1 Å². The first-order chi connectivity index (χ1) is 12.1. The zero-order chi connectivity index (χ0) is 17.8. The number of amides is 2. The van der Waals surface area contributed by atoms with Crippen LogP contribution < -0.4 is 10.1 Å². The van der Waals surface area contributed by atoms with E-state index >= 15 is 0 Å². The van der Waals surface area contributed by atoms with E-state index < -0.39 is 0 Å². The van der Waals surface area contributed by atoms with Crippen molar-refractivity contribution in [2.75, 3.05) is 34.3 Å². The van der Waals surface area contributed by atoms with E-state index in [0.29, 0.717) is 24.0 Å². The van der Waals surface area contributed by atoms with Gasteiger partial charge in [-0.2, -0.15) is 0 Å². The number of likely N-dealkylation sites (tertiary alicyclic amines) is 1. The van der Waals surface area contributed by atoms with Gasteiger partial charge in [0.15, 0.2) is 5.76 Å². The van der Waals surface area contributed by atoms with Crippen LogP contribution in [0.15, 0.2) is 34.9 Å². The molecule has 25 heavy (non-hydrogen) atoms. The Hall–Kier alpha value is -2.54. The minimum absolute atomic E-state index is 0.0698. The van der Waals surface area contributed by atoms with E-state index in [2.05, 4.69) is 15.4 Å². The highest BCUT2D eigenvalue weighted by molar-refractivity contribution is 5.74. The van der Waals surface area contributed by atoms with Crippen molar-refractivity contribution in [3.63, 3.8) is 0 Å². The highest BCUT2D eigenvalue weighted by Gasteiger charge is 2.27. The number of carbonyl (C=O) groups is 1. The van der Waals surface area contributed by atoms with E-state index in [1.807, 2.05) is 49.3 Å². The Bertz CT molecular complexity index is 729. The van der Waals surface area contributed by atoms with Crippen LogP contribution in [0.5, 0.6) is 5.75 Å². The van der Waals surface area contributed by atoms with Crippen LogP contribution in [0.3, 0.4) is 0 Å². The lowest BCUT2D eigenvalue weighted by molar-refractivity contribution is 0.201. The van der Waals surface area contributed by atoms with Crippen LogP contribution in [0.1, 0.15) is 12.2 Å². The summed E-state index contributed by atoms with van der Waals surface area (Å²) in [6, 6.07) is 9.80. The fraction of sp³-hybridized carbons (Fsp3) is 0.444. The van der Waals surface area contributed by atoms with E-state index in [9.17, 15) is 4.79 Å². The van der Waals surface area contributed by atoms with Gasteiger partial charge in [-0.3, -0.25) is 0 Å². The second kappa shape index (κ2) is 7.57. The van der Waals surface area contributed by atoms with Gasteiger partial charge in [0.1, 0.15) is 11.4 Å². The Morgan fingerprint density at radius 1 is 1.44 bits per heavy atom. The molecule has 1 saturated heterocycles. The number of para-hydroxylation sites is 1. The van der Waals surface area contributed by atoms with Crippen LogP contribution in [0, 0.1) is 0 Å². The maximum absolute atomic E-state index is 12.3. The average molecular weight is 344 g/mol. The third-order valence-electron chi connectivity index (χ3n) is 4.54. The van der Waals surface area contributed by atoms with Gasteiger partial charge in [0.25, 0.3) is 0 Å². The lowest BCUT2D eigenvalue weighted by atomic mass is 10.1. The molecule has 2 aromatic rings. The molecule has 1 aromatic carbocycles. The summed E-state index contributed by atoms with van der Waals surface area (Å²) in [7, 11) is 5.71. The van der Waals surface area contributed by atoms with Gasteiger partial charge in [0, 0.05) is 30.8 Å². The zero-order valence-corrected chi connectivity index (χ0v) is 14.9. The molecule has 2 amide bonds. The Kier molecular flexibility index (Phi) is 5.23. The van der Waals surface area contributed by atoms with Crippen LogP contribution in [0.4, 0.5) is 4.79 Å². The normalized spacial score (nSPS) is 17.1. The molecule has 134 valence electrons. The Labute approximate surface area is 147 Å². The van der Waals surface area contributed by atoms with Crippen molar-refractivity contribution in [3.05, 3.63) is 36.1 Å². The number of hydrogen-bond donors (Lipinski definition) is 1. The van der Waals surface area contributed by atoms with Gasteiger partial charge in [0.05, 0.1) is 13.7 Å². The van der Waals surface area contributed by atoms with Crippen LogP contribution in [0.25, 0.3) is 11.3 Å². The molecule has 1 atom stereocenters. The summed E-state index contributed by atoms with van der Waals surface area (Å²) in [5.74, 6) is 1.34. The number of nitrogens with zero attached hydrogens (tertiary/aromatic N) is 3. The summed E-state index contributed by atoms with van der Waals surface area (Å²) in [5, 5.41) is 6.98. The third-order valence-corrected chi connectivity index (χ3v) is 4.54. The fourth-order valence-corrected chi connectivity index (χ4v) is 3.00. The fourth-order valence-electron chi connectivity index (χ4n) is 3.00. The van der Waals surface area contributed by atoms with Gasteiger partial charge in [-0.15, -0.1) is 0 Å². The molecule has 0 saturated carbocycles. The number of likely N-dealkylation sites (N-methyl/N-ethyl adjacent to an activating group) is 1. The van der Waals surface area contributed by atoms with Gasteiger partial charge in [-0.25, -0.2) is 4.79 Å². The second-order valence-electron chi connectivity index (χ2n) is 6.39. The molecule has 2 heterocycles. The summed E-state index contributed by atoms with van der Waals surface area (Å²) in [6.45, 7) is 1.84. The predicted octanol–water partition coefficient (Wildman–Crippen LogP) is 2.20. The first kappa shape index (κ1) is 17.3. The molecular weight excluding hydrogens is 320 g/mol. The number of benzene rings is 1. The molecule has 1 aliphatic rings. The van der Waals surface area contributed by atoms with E-state index in [1.165, 1.54) is 0 Å². The van der Waals surface area contributed by atoms with E-state index in [1.54, 1.807) is 7.11 Å². The van der Waals surface area contributed by atoms with Crippen molar-refractivity contribution in [2.45, 2.75) is 19.0 Å². The summed E-state index contributed by atoms with van der Waals surface area (Å²) in [5.41, 5.74) is 1.55. The lowest BCUT2D eigenvalue weighted by Crippen LogP contribution is -2.40. The second-order valence-corrected chi connectivity index (χ2v) is 6.39. The number of urea groups is 1. The monoisotopic (exact) mass is 344 g/mol. The number of hydrogen-bond acceptors (Lipinski definition) is 5. The van der Waals surface area contributed by atoms with Gasteiger partial charge in [0.2, 0.25) is 0 Å². The standard InChI is InChI=1S/C18H24N4O3/c1-21(2)13-8-9-22(12-13)18(23)19-11-14-10-16(20-25-14)15-6-4-5-7-17(15)24-3/h4-7,10,13H,8-9,11-12H2,1-3H3,(H,19,23). The molecule has 1 aliphatic heterocycles. The molecule has 1 fully saturated rings. The highest BCUT2D eigenvalue weighted by atomic mass is 16.5. The zero-order valence-electron chi connectivity index (χ0n) is 14.9. The molecular formula is C18H24N4O3. The van der Waals surface area contributed by atoms with Crippen LogP contribution in [-0.4, -0.2) is 61.3 Å². The first-order valence-electron chi connectivity index (χ1n) is 8.36. The quantitative estimate of drug-likeness (QED) is 0.900. The Morgan fingerprint density at radius 2 is 2.24 bits per heavy atom. The number of aromatic nitrogens is 1. The summed E-state index contributed by atoms with van der Waals surface area (Å²) >= 11 is 0. The van der Waals surface area contributed by atoms with Crippen LogP contribution >= 0.6 is 0 Å². The molecule has 7 nitrogen and oxygen atoms in total. The largest absolute Gasteiger partial charge is 0.496 e. The molecule has 0 radical (unpaired) electrons. The molecule has 0 aliphatic carbocycles. The lowest BCUT2D eigenvalue weighted by Gasteiger charge is -2.20. The molecule has 3 rings (SSSR count). The van der Waals surface area contributed by atoms with Crippen molar-refractivity contribution >= 4 is 6.03 Å². The van der Waals surface area contributed by atoms with E-state index in [0.717, 1.165) is 30.8 Å². The maximum Gasteiger partial charge on any atom is 0.317 e. The van der Waals surface area contributed by atoms with Crippen LogP contribution in [-0.2, 0) is 6.54 Å². The molecule has 1 unspecified atom stereocenters. The topological polar surface area (TPSA) is 70.8 Å².